The maximum Gasteiger partial charge on any atom is 0.161 e. The highest BCUT2D eigenvalue weighted by Crippen LogP contribution is 2.25. The minimum Gasteiger partial charge on any atom is -0.313 e. The Morgan fingerprint density at radius 2 is 1.81 bits per heavy atom. The van der Waals surface area contributed by atoms with Crippen LogP contribution in [-0.4, -0.2) is 16.3 Å². The molecule has 0 aliphatic heterocycles. The highest BCUT2D eigenvalue weighted by Gasteiger charge is 2.19. The van der Waals surface area contributed by atoms with Crippen molar-refractivity contribution in [1.82, 2.24) is 15.1 Å². The topological polar surface area (TPSA) is 29.9 Å². The maximum absolute atomic E-state index is 13.9. The van der Waals surface area contributed by atoms with Gasteiger partial charge < -0.3 is 5.32 Å². The zero-order valence-electron chi connectivity index (χ0n) is 12.3. The van der Waals surface area contributed by atoms with E-state index in [1.54, 1.807) is 6.20 Å². The van der Waals surface area contributed by atoms with E-state index in [4.69, 9.17) is 0 Å². The Hall–Kier alpha value is -1.82. The van der Waals surface area contributed by atoms with Crippen molar-refractivity contribution < 1.29 is 13.2 Å². The number of nitrogens with one attached hydrogen (secondary N) is 1. The summed E-state index contributed by atoms with van der Waals surface area (Å²) in [6.07, 6.45) is 1.62. The van der Waals surface area contributed by atoms with Crippen LogP contribution in [0.1, 0.15) is 37.9 Å². The van der Waals surface area contributed by atoms with Crippen molar-refractivity contribution in [2.24, 2.45) is 0 Å². The molecule has 0 saturated carbocycles. The van der Waals surface area contributed by atoms with Crippen molar-refractivity contribution in [3.8, 4) is 5.69 Å². The number of rotatable bonds is 5. The van der Waals surface area contributed by atoms with E-state index in [1.165, 1.54) is 4.68 Å². The molecule has 2 aromatic rings. The van der Waals surface area contributed by atoms with Gasteiger partial charge in [-0.15, -0.1) is 0 Å². The van der Waals surface area contributed by atoms with Gasteiger partial charge in [-0.05, 0) is 12.5 Å². The zero-order chi connectivity index (χ0) is 15.6. The van der Waals surface area contributed by atoms with Crippen LogP contribution < -0.4 is 5.32 Å². The molecule has 0 bridgehead atoms. The molecule has 0 spiro atoms. The Bertz CT molecular complexity index is 635. The fraction of sp³-hybridized carbons (Fsp3) is 0.400. The van der Waals surface area contributed by atoms with E-state index in [9.17, 15) is 13.2 Å². The monoisotopic (exact) mass is 297 g/mol. The molecule has 0 fully saturated rings. The van der Waals surface area contributed by atoms with Gasteiger partial charge in [0.05, 0.1) is 11.9 Å². The number of aromatic nitrogens is 2. The summed E-state index contributed by atoms with van der Waals surface area (Å²) in [6, 6.07) is 1.38. The van der Waals surface area contributed by atoms with Crippen molar-refractivity contribution in [3.05, 3.63) is 47.0 Å². The van der Waals surface area contributed by atoms with Crippen LogP contribution in [0.25, 0.3) is 5.69 Å². The van der Waals surface area contributed by atoms with Gasteiger partial charge in [0, 0.05) is 24.2 Å². The van der Waals surface area contributed by atoms with Gasteiger partial charge in [0.15, 0.2) is 17.5 Å². The summed E-state index contributed by atoms with van der Waals surface area (Å²) < 4.78 is 41.7. The first-order valence-electron chi connectivity index (χ1n) is 6.88. The third kappa shape index (κ3) is 3.10. The van der Waals surface area contributed by atoms with Crippen molar-refractivity contribution in [3.63, 3.8) is 0 Å². The first-order valence-corrected chi connectivity index (χ1v) is 6.88. The van der Waals surface area contributed by atoms with E-state index >= 15 is 0 Å². The van der Waals surface area contributed by atoms with Crippen LogP contribution >= 0.6 is 0 Å². The van der Waals surface area contributed by atoms with Crippen LogP contribution in [-0.2, 0) is 6.54 Å². The van der Waals surface area contributed by atoms with E-state index in [1.807, 2.05) is 20.8 Å². The summed E-state index contributed by atoms with van der Waals surface area (Å²) in [5.41, 5.74) is 1.61. The molecule has 0 radical (unpaired) electrons. The third-order valence-electron chi connectivity index (χ3n) is 3.22. The third-order valence-corrected chi connectivity index (χ3v) is 3.22. The minimum absolute atomic E-state index is 0.0636. The van der Waals surface area contributed by atoms with Gasteiger partial charge in [0.25, 0.3) is 0 Å². The summed E-state index contributed by atoms with van der Waals surface area (Å²) in [4.78, 5) is 0. The van der Waals surface area contributed by atoms with Crippen molar-refractivity contribution >= 4 is 0 Å². The smallest absolute Gasteiger partial charge is 0.161 e. The standard InChI is InChI=1S/C15H18F3N3/c1-4-19-7-10-8-20-21(15(10)9(2)3)14-6-12(17)11(16)5-13(14)18/h5-6,8-9,19H,4,7H2,1-3H3. The van der Waals surface area contributed by atoms with Crippen LogP contribution in [0.15, 0.2) is 18.3 Å². The highest BCUT2D eigenvalue weighted by molar-refractivity contribution is 5.38. The zero-order valence-corrected chi connectivity index (χ0v) is 12.3. The van der Waals surface area contributed by atoms with Crippen LogP contribution in [0.3, 0.4) is 0 Å². The Morgan fingerprint density at radius 1 is 1.14 bits per heavy atom. The summed E-state index contributed by atoms with van der Waals surface area (Å²) in [6.45, 7) is 7.26. The van der Waals surface area contributed by atoms with Crippen LogP contribution in [0.5, 0.6) is 0 Å². The Kier molecular flexibility index (Phi) is 4.67. The molecule has 1 aromatic carbocycles. The first kappa shape index (κ1) is 15.6. The second-order valence-electron chi connectivity index (χ2n) is 5.12. The second kappa shape index (κ2) is 6.30. The molecule has 3 nitrogen and oxygen atoms in total. The fourth-order valence-electron chi connectivity index (χ4n) is 2.27. The molecule has 6 heteroatoms. The number of hydrogen-bond donors (Lipinski definition) is 1. The van der Waals surface area contributed by atoms with Crippen molar-refractivity contribution in [2.75, 3.05) is 6.54 Å². The van der Waals surface area contributed by atoms with Gasteiger partial charge >= 0.3 is 0 Å². The summed E-state index contributed by atoms with van der Waals surface area (Å²) in [5.74, 6) is -3.07. The molecule has 0 aliphatic carbocycles. The van der Waals surface area contributed by atoms with E-state index in [0.717, 1.165) is 23.9 Å². The van der Waals surface area contributed by atoms with Crippen LogP contribution in [0, 0.1) is 17.5 Å². The van der Waals surface area contributed by atoms with Gasteiger partial charge in [-0.1, -0.05) is 20.8 Å². The number of hydrogen-bond acceptors (Lipinski definition) is 2. The van der Waals surface area contributed by atoms with Gasteiger partial charge in [0.1, 0.15) is 5.69 Å². The predicted octanol–water partition coefficient (Wildman–Crippen LogP) is 3.52. The van der Waals surface area contributed by atoms with Crippen LogP contribution in [0.2, 0.25) is 0 Å². The Balaban J connectivity index is 2.54. The van der Waals surface area contributed by atoms with Gasteiger partial charge in [-0.3, -0.25) is 0 Å². The molecular weight excluding hydrogens is 279 g/mol. The van der Waals surface area contributed by atoms with E-state index in [0.29, 0.717) is 12.6 Å². The lowest BCUT2D eigenvalue weighted by Gasteiger charge is -2.14. The van der Waals surface area contributed by atoms with Gasteiger partial charge in [0.2, 0.25) is 0 Å². The van der Waals surface area contributed by atoms with Gasteiger partial charge in [-0.2, -0.15) is 5.10 Å². The summed E-state index contributed by atoms with van der Waals surface area (Å²) in [5, 5.41) is 7.32. The van der Waals surface area contributed by atoms with Crippen molar-refractivity contribution in [2.45, 2.75) is 33.2 Å². The molecule has 0 atom stereocenters. The lowest BCUT2D eigenvalue weighted by Crippen LogP contribution is -2.14. The Morgan fingerprint density at radius 3 is 2.43 bits per heavy atom. The Labute approximate surface area is 121 Å². The fourth-order valence-corrected chi connectivity index (χ4v) is 2.27. The number of halogens is 3. The average molecular weight is 297 g/mol. The highest BCUT2D eigenvalue weighted by atomic mass is 19.2. The SMILES string of the molecule is CCNCc1cnn(-c2cc(F)c(F)cc2F)c1C(C)C. The maximum atomic E-state index is 13.9. The quantitative estimate of drug-likeness (QED) is 0.856. The van der Waals surface area contributed by atoms with E-state index in [2.05, 4.69) is 10.4 Å². The molecule has 0 amide bonds. The number of nitrogens with zero attached hydrogens (tertiary/aromatic N) is 2. The lowest BCUT2D eigenvalue weighted by molar-refractivity contribution is 0.490. The molecule has 21 heavy (non-hydrogen) atoms. The van der Waals surface area contributed by atoms with Gasteiger partial charge in [-0.25, -0.2) is 17.9 Å². The predicted molar refractivity (Wildman–Crippen MR) is 74.9 cm³/mol. The molecule has 114 valence electrons. The molecule has 1 heterocycles. The van der Waals surface area contributed by atoms with E-state index in [-0.39, 0.29) is 11.6 Å². The molecule has 1 N–H and O–H groups in total. The first-order chi connectivity index (χ1) is 9.95. The lowest BCUT2D eigenvalue weighted by atomic mass is 10.1. The molecule has 2 rings (SSSR count). The summed E-state index contributed by atoms with van der Waals surface area (Å²) in [7, 11) is 0. The second-order valence-corrected chi connectivity index (χ2v) is 5.12. The summed E-state index contributed by atoms with van der Waals surface area (Å²) >= 11 is 0. The largest absolute Gasteiger partial charge is 0.313 e. The minimum atomic E-state index is -1.21. The van der Waals surface area contributed by atoms with E-state index < -0.39 is 17.5 Å². The molecule has 0 saturated heterocycles. The molecule has 0 unspecified atom stereocenters. The molecule has 0 aliphatic rings. The normalized spacial score (nSPS) is 11.4. The van der Waals surface area contributed by atoms with Crippen LogP contribution in [0.4, 0.5) is 13.2 Å². The molecular formula is C15H18F3N3. The van der Waals surface area contributed by atoms with Crippen molar-refractivity contribution in [1.29, 1.82) is 0 Å². The molecule has 1 aromatic heterocycles. The number of benzene rings is 1. The average Bonchev–Trinajstić information content (AvgIpc) is 2.84.